The zero-order valence-electron chi connectivity index (χ0n) is 21.1. The summed E-state index contributed by atoms with van der Waals surface area (Å²) in [5.74, 6) is 0.205. The fourth-order valence-electron chi connectivity index (χ4n) is 6.44. The minimum absolute atomic E-state index is 0.131. The van der Waals surface area contributed by atoms with E-state index in [2.05, 4.69) is 22.6 Å². The molecule has 2 aliphatic carbocycles. The Balaban J connectivity index is 1.20. The van der Waals surface area contributed by atoms with Gasteiger partial charge in [0.05, 0.1) is 23.5 Å². The average Bonchev–Trinajstić information content (AvgIpc) is 3.69. The summed E-state index contributed by atoms with van der Waals surface area (Å²) in [6.45, 7) is 0. The Morgan fingerprint density at radius 3 is 2.61 bits per heavy atom. The Hall–Kier alpha value is -3.71. The molecule has 8 heteroatoms. The molecule has 2 saturated carbocycles. The van der Waals surface area contributed by atoms with Crippen LogP contribution < -0.4 is 10.2 Å². The van der Waals surface area contributed by atoms with Crippen LogP contribution in [0.1, 0.15) is 55.2 Å². The Labute approximate surface area is 225 Å². The number of halogens is 1. The lowest BCUT2D eigenvalue weighted by Crippen LogP contribution is -2.61. The van der Waals surface area contributed by atoms with E-state index >= 15 is 0 Å². The fourth-order valence-corrected chi connectivity index (χ4v) is 6.77. The lowest BCUT2D eigenvalue weighted by Gasteiger charge is -2.43. The number of pyridine rings is 1. The SMILES string of the molecule is Cn1cc(-c2cccc(Cl)c2C2CCC3C(=O)N(c4cncc5ccccc45)C(=O)NC3C2)c(C2CC2)n1. The number of anilines is 1. The van der Waals surface area contributed by atoms with E-state index in [9.17, 15) is 9.59 Å². The van der Waals surface area contributed by atoms with Crippen LogP contribution in [0.5, 0.6) is 0 Å². The molecule has 7 rings (SSSR count). The zero-order valence-corrected chi connectivity index (χ0v) is 21.9. The van der Waals surface area contributed by atoms with Crippen LogP contribution in [0.4, 0.5) is 10.5 Å². The monoisotopic (exact) mass is 525 g/mol. The second-order valence-corrected chi connectivity index (χ2v) is 11.2. The lowest BCUT2D eigenvalue weighted by molar-refractivity contribution is -0.124. The van der Waals surface area contributed by atoms with Gasteiger partial charge in [-0.05, 0) is 55.2 Å². The Bertz CT molecular complexity index is 1590. The molecule has 3 fully saturated rings. The van der Waals surface area contributed by atoms with Crippen molar-refractivity contribution in [1.82, 2.24) is 20.1 Å². The predicted octanol–water partition coefficient (Wildman–Crippen LogP) is 6.17. The summed E-state index contributed by atoms with van der Waals surface area (Å²) in [7, 11) is 1.96. The molecule has 3 aliphatic rings. The molecule has 3 amide bonds. The zero-order chi connectivity index (χ0) is 26.0. The number of hydrogen-bond acceptors (Lipinski definition) is 4. The molecule has 3 heterocycles. The van der Waals surface area contributed by atoms with E-state index in [0.717, 1.165) is 44.6 Å². The van der Waals surface area contributed by atoms with Crippen LogP contribution in [0.3, 0.4) is 0 Å². The second-order valence-electron chi connectivity index (χ2n) is 10.8. The molecule has 3 atom stereocenters. The first-order valence-corrected chi connectivity index (χ1v) is 13.7. The summed E-state index contributed by atoms with van der Waals surface area (Å²) in [6, 6.07) is 13.1. The number of rotatable bonds is 4. The number of urea groups is 1. The minimum Gasteiger partial charge on any atom is -0.334 e. The van der Waals surface area contributed by atoms with Gasteiger partial charge in [0.25, 0.3) is 0 Å². The first-order valence-electron chi connectivity index (χ1n) is 13.3. The summed E-state index contributed by atoms with van der Waals surface area (Å²) < 4.78 is 1.89. The largest absolute Gasteiger partial charge is 0.334 e. The third-order valence-corrected chi connectivity index (χ3v) is 8.69. The molecule has 0 radical (unpaired) electrons. The number of nitrogens with one attached hydrogen (secondary N) is 1. The third-order valence-electron chi connectivity index (χ3n) is 8.36. The highest BCUT2D eigenvalue weighted by Gasteiger charge is 2.46. The number of carbonyl (C=O) groups is 2. The maximum Gasteiger partial charge on any atom is 0.329 e. The highest BCUT2D eigenvalue weighted by molar-refractivity contribution is 6.32. The van der Waals surface area contributed by atoms with Crippen molar-refractivity contribution in [3.8, 4) is 11.1 Å². The van der Waals surface area contributed by atoms with Gasteiger partial charge in [0.1, 0.15) is 0 Å². The number of aromatic nitrogens is 3. The summed E-state index contributed by atoms with van der Waals surface area (Å²) in [5.41, 5.74) is 5.04. The van der Waals surface area contributed by atoms with Crippen LogP contribution in [0.15, 0.2) is 61.1 Å². The minimum atomic E-state index is -0.391. The number of benzene rings is 2. The Kier molecular flexibility index (Phi) is 5.51. The van der Waals surface area contributed by atoms with Gasteiger partial charge in [-0.1, -0.05) is 48.0 Å². The molecule has 1 N–H and O–H groups in total. The number of hydrogen-bond donors (Lipinski definition) is 1. The van der Waals surface area contributed by atoms with Gasteiger partial charge in [0.2, 0.25) is 5.91 Å². The van der Waals surface area contributed by atoms with Gasteiger partial charge >= 0.3 is 6.03 Å². The number of aryl methyl sites for hydroxylation is 1. The summed E-state index contributed by atoms with van der Waals surface area (Å²) in [6.07, 6.45) is 9.95. The molecule has 192 valence electrons. The van der Waals surface area contributed by atoms with Crippen molar-refractivity contribution in [3.05, 3.63) is 77.3 Å². The van der Waals surface area contributed by atoms with Gasteiger partial charge in [0, 0.05) is 52.8 Å². The molecule has 2 aromatic heterocycles. The van der Waals surface area contributed by atoms with Crippen LogP contribution in [-0.4, -0.2) is 32.7 Å². The highest BCUT2D eigenvalue weighted by atomic mass is 35.5. The first kappa shape index (κ1) is 23.4. The molecular weight excluding hydrogens is 498 g/mol. The van der Waals surface area contributed by atoms with E-state index in [-0.39, 0.29) is 23.8 Å². The number of nitrogens with zero attached hydrogens (tertiary/aromatic N) is 4. The van der Waals surface area contributed by atoms with Crippen molar-refractivity contribution >= 4 is 40.0 Å². The quantitative estimate of drug-likeness (QED) is 0.345. The van der Waals surface area contributed by atoms with Crippen LogP contribution in [-0.2, 0) is 11.8 Å². The van der Waals surface area contributed by atoms with Gasteiger partial charge in [-0.2, -0.15) is 5.10 Å². The third kappa shape index (κ3) is 3.79. The van der Waals surface area contributed by atoms with Gasteiger partial charge in [0.15, 0.2) is 0 Å². The lowest BCUT2D eigenvalue weighted by atomic mass is 9.72. The average molecular weight is 526 g/mol. The summed E-state index contributed by atoms with van der Waals surface area (Å²) >= 11 is 6.86. The number of imide groups is 1. The molecule has 0 bridgehead atoms. The number of amides is 3. The smallest absolute Gasteiger partial charge is 0.329 e. The van der Waals surface area contributed by atoms with Crippen LogP contribution >= 0.6 is 11.6 Å². The van der Waals surface area contributed by atoms with E-state index in [1.807, 2.05) is 48.1 Å². The van der Waals surface area contributed by atoms with Crippen molar-refractivity contribution < 1.29 is 9.59 Å². The van der Waals surface area contributed by atoms with E-state index in [1.54, 1.807) is 12.4 Å². The van der Waals surface area contributed by atoms with Crippen molar-refractivity contribution in [2.45, 2.75) is 50.0 Å². The van der Waals surface area contributed by atoms with Crippen molar-refractivity contribution in [1.29, 1.82) is 0 Å². The fraction of sp³-hybridized carbons (Fsp3) is 0.333. The molecule has 1 saturated heterocycles. The standard InChI is InChI=1S/C30H28ClN5O2/c1-35-16-23(28(34-35)17-9-10-17)21-7-4-8-24(31)27(21)18-11-12-22-25(13-18)33-30(38)36(29(22)37)26-15-32-14-19-5-2-3-6-20(19)26/h2-8,14-18,22,25H,9-13H2,1H3,(H,33,38). The Morgan fingerprint density at radius 2 is 1.76 bits per heavy atom. The highest BCUT2D eigenvalue weighted by Crippen LogP contribution is 2.48. The van der Waals surface area contributed by atoms with Crippen LogP contribution in [0, 0.1) is 5.92 Å². The molecule has 7 nitrogen and oxygen atoms in total. The van der Waals surface area contributed by atoms with Gasteiger partial charge < -0.3 is 5.32 Å². The van der Waals surface area contributed by atoms with Crippen LogP contribution in [0.2, 0.25) is 5.02 Å². The molecule has 3 unspecified atom stereocenters. The first-order chi connectivity index (χ1) is 18.5. The molecular formula is C30H28ClN5O2. The van der Waals surface area contributed by atoms with Gasteiger partial charge in [-0.15, -0.1) is 0 Å². The second kappa shape index (κ2) is 8.95. The van der Waals surface area contributed by atoms with Crippen molar-refractivity contribution in [2.75, 3.05) is 4.90 Å². The summed E-state index contributed by atoms with van der Waals surface area (Å²) in [5, 5.41) is 10.4. The van der Waals surface area contributed by atoms with E-state index in [1.165, 1.54) is 17.7 Å². The van der Waals surface area contributed by atoms with Crippen molar-refractivity contribution in [3.63, 3.8) is 0 Å². The number of fused-ring (bicyclic) bond motifs is 2. The van der Waals surface area contributed by atoms with E-state index < -0.39 is 6.03 Å². The van der Waals surface area contributed by atoms with E-state index in [4.69, 9.17) is 16.7 Å². The maximum absolute atomic E-state index is 13.7. The molecule has 4 aromatic rings. The maximum atomic E-state index is 13.7. The van der Waals surface area contributed by atoms with Crippen LogP contribution in [0.25, 0.3) is 21.9 Å². The Morgan fingerprint density at radius 1 is 0.947 bits per heavy atom. The molecule has 2 aromatic carbocycles. The molecule has 38 heavy (non-hydrogen) atoms. The summed E-state index contributed by atoms with van der Waals surface area (Å²) in [4.78, 5) is 32.7. The topological polar surface area (TPSA) is 80.1 Å². The predicted molar refractivity (Wildman–Crippen MR) is 147 cm³/mol. The van der Waals surface area contributed by atoms with E-state index in [0.29, 0.717) is 24.4 Å². The molecule has 0 spiro atoms. The van der Waals surface area contributed by atoms with Gasteiger partial charge in [-0.3, -0.25) is 14.5 Å². The van der Waals surface area contributed by atoms with Gasteiger partial charge in [-0.25, -0.2) is 9.69 Å². The normalized spacial score (nSPS) is 23.4. The number of carbonyl (C=O) groups excluding carboxylic acids is 2. The molecule has 1 aliphatic heterocycles. The van der Waals surface area contributed by atoms with Crippen molar-refractivity contribution in [2.24, 2.45) is 13.0 Å².